The molecule has 2 aliphatic rings. The van der Waals surface area contributed by atoms with Gasteiger partial charge in [0.25, 0.3) is 0 Å². The normalized spacial score (nSPS) is 15.1. The molecule has 5 nitrogen and oxygen atoms in total. The number of aromatic nitrogens is 3. The van der Waals surface area contributed by atoms with E-state index < -0.39 is 13.3 Å². The van der Waals surface area contributed by atoms with Crippen LogP contribution in [0.2, 0.25) is 0 Å². The van der Waals surface area contributed by atoms with Crippen molar-refractivity contribution in [1.82, 2.24) is 15.0 Å². The number of rotatable bonds is 4. The Morgan fingerprint density at radius 2 is 1.36 bits per heavy atom. The summed E-state index contributed by atoms with van der Waals surface area (Å²) in [4.78, 5) is 15.3. The molecule has 6 heteroatoms. The van der Waals surface area contributed by atoms with Crippen LogP contribution in [0, 0.1) is 0 Å². The van der Waals surface area contributed by atoms with Crippen molar-refractivity contribution in [2.75, 3.05) is 4.90 Å². The van der Waals surface area contributed by atoms with Gasteiger partial charge in [-0.25, -0.2) is 0 Å². The second-order valence-corrected chi connectivity index (χ2v) is 20.5. The zero-order valence-corrected chi connectivity index (χ0v) is 28.3. The van der Waals surface area contributed by atoms with Crippen LogP contribution >= 0.6 is 0 Å². The maximum absolute atomic E-state index is 6.63. The first-order valence-corrected chi connectivity index (χ1v) is 20.2. The van der Waals surface area contributed by atoms with Crippen LogP contribution in [-0.4, -0.2) is 28.2 Å². The van der Waals surface area contributed by atoms with Gasteiger partial charge in [-0.2, -0.15) is 0 Å². The molecule has 0 amide bonds. The van der Waals surface area contributed by atoms with Crippen molar-refractivity contribution in [3.63, 3.8) is 0 Å². The Labute approximate surface area is 276 Å². The summed E-state index contributed by atoms with van der Waals surface area (Å²) in [6.45, 7) is 4.72. The average molecular weight is 669 g/mol. The maximum atomic E-state index is 6.63. The molecule has 226 valence electrons. The quantitative estimate of drug-likeness (QED) is 0.204. The molecule has 0 aliphatic carbocycles. The number of hydrogen-bond donors (Lipinski definition) is 1. The van der Waals surface area contributed by atoms with Crippen LogP contribution in [0.1, 0.15) is 25.0 Å². The number of fused-ring (bicyclic) bond motifs is 4. The fourth-order valence-electron chi connectivity index (χ4n) is 7.80. The third-order valence-electron chi connectivity index (χ3n) is 9.89. The topological polar surface area (TPSA) is 54.0 Å². The first-order chi connectivity index (χ1) is 23.1. The first kappa shape index (κ1) is 27.9. The third-order valence-corrected chi connectivity index (χ3v) is 19.8. The molecule has 7 aromatic rings. The predicted octanol–water partition coefficient (Wildman–Crippen LogP) is 7.06. The van der Waals surface area contributed by atoms with Crippen LogP contribution in [0.25, 0.3) is 11.4 Å². The molecule has 47 heavy (non-hydrogen) atoms. The van der Waals surface area contributed by atoms with Gasteiger partial charge in [0.15, 0.2) is 0 Å². The van der Waals surface area contributed by atoms with Crippen LogP contribution in [0.15, 0.2) is 152 Å². The number of nitrogens with zero attached hydrogens (tertiary/aromatic N) is 3. The van der Waals surface area contributed by atoms with Gasteiger partial charge < -0.3 is 0 Å². The van der Waals surface area contributed by atoms with Gasteiger partial charge in [0.2, 0.25) is 0 Å². The Morgan fingerprint density at radius 1 is 0.638 bits per heavy atom. The van der Waals surface area contributed by atoms with E-state index in [1.165, 1.54) is 28.8 Å². The molecule has 0 spiro atoms. The molecule has 0 saturated heterocycles. The molecule has 0 bridgehead atoms. The Bertz CT molecular complexity index is 2230. The SMILES string of the molecule is CC1(C)c2cccc[c]2[Ge]([c]2ccc3c(c2)N(c2cccc(-c4ncc[nH]4)c2)c2ccccc2O3)([c]2ccccn2)[c]2ccccc21. The third kappa shape index (κ3) is 4.09. The Morgan fingerprint density at radius 3 is 2.11 bits per heavy atom. The van der Waals surface area contributed by atoms with Crippen molar-refractivity contribution in [3.05, 3.63) is 163 Å². The molecule has 0 atom stereocenters. The molecule has 0 fully saturated rings. The number of hydrogen-bond acceptors (Lipinski definition) is 4. The number of ether oxygens (including phenoxy) is 1. The summed E-state index contributed by atoms with van der Waals surface area (Å²) in [5, 5.41) is 0. The van der Waals surface area contributed by atoms with Gasteiger partial charge in [-0.15, -0.1) is 0 Å². The molecule has 0 radical (unpaired) electrons. The molecule has 4 heterocycles. The summed E-state index contributed by atoms with van der Waals surface area (Å²) >= 11 is -3.69. The zero-order valence-electron chi connectivity index (χ0n) is 26.2. The van der Waals surface area contributed by atoms with Gasteiger partial charge in [-0.1, -0.05) is 0 Å². The number of anilines is 3. The van der Waals surface area contributed by atoms with Crippen molar-refractivity contribution >= 4 is 48.0 Å². The summed E-state index contributed by atoms with van der Waals surface area (Å²) < 4.78 is 12.0. The molecular weight excluding hydrogens is 637 g/mol. The van der Waals surface area contributed by atoms with Crippen molar-refractivity contribution in [3.8, 4) is 22.9 Å². The van der Waals surface area contributed by atoms with Crippen LogP contribution in [0.3, 0.4) is 0 Å². The number of nitrogens with one attached hydrogen (secondary N) is 1. The zero-order chi connectivity index (χ0) is 31.6. The minimum absolute atomic E-state index is 0.148. The number of pyridine rings is 1. The van der Waals surface area contributed by atoms with E-state index in [-0.39, 0.29) is 5.41 Å². The van der Waals surface area contributed by atoms with E-state index in [1.54, 1.807) is 6.20 Å². The monoisotopic (exact) mass is 670 g/mol. The Kier molecular flexibility index (Phi) is 6.27. The summed E-state index contributed by atoms with van der Waals surface area (Å²) in [6, 6.07) is 48.3. The summed E-state index contributed by atoms with van der Waals surface area (Å²) in [5.74, 6) is 2.49. The first-order valence-electron chi connectivity index (χ1n) is 16.0. The molecular formula is C41H32GeN4O. The molecule has 9 rings (SSSR count). The van der Waals surface area contributed by atoms with Crippen LogP contribution in [-0.2, 0) is 5.41 Å². The predicted molar refractivity (Wildman–Crippen MR) is 192 cm³/mol. The number of imidazole rings is 1. The van der Waals surface area contributed by atoms with Gasteiger partial charge in [-0.05, 0) is 0 Å². The molecule has 5 aromatic carbocycles. The summed E-state index contributed by atoms with van der Waals surface area (Å²) in [6.07, 6.45) is 5.60. The van der Waals surface area contributed by atoms with E-state index in [9.17, 15) is 0 Å². The van der Waals surface area contributed by atoms with Crippen LogP contribution < -0.4 is 27.4 Å². The van der Waals surface area contributed by atoms with Gasteiger partial charge in [0, 0.05) is 0 Å². The van der Waals surface area contributed by atoms with Gasteiger partial charge in [0.05, 0.1) is 0 Å². The standard InChI is InChI=1S/C41H32GeN4O/c1-41(2)31-14-3-5-16-33(31)42(39-20-9-10-23-43-39,34-17-6-4-15-32(34)41)29-21-22-38-36(27-29)46(35-18-7-8-19-37(35)47-38)30-13-11-12-28(26-30)40-44-24-25-45-40/h3-27H,1-2H3,(H,44,45). The van der Waals surface area contributed by atoms with Crippen molar-refractivity contribution in [1.29, 1.82) is 0 Å². The number of aromatic amines is 1. The summed E-state index contributed by atoms with van der Waals surface area (Å²) in [7, 11) is 0. The Hall–Kier alpha value is -5.40. The van der Waals surface area contributed by atoms with E-state index in [4.69, 9.17) is 9.72 Å². The van der Waals surface area contributed by atoms with E-state index in [1.807, 2.05) is 30.6 Å². The van der Waals surface area contributed by atoms with E-state index in [2.05, 4.69) is 144 Å². The molecule has 1 N–H and O–H groups in total. The van der Waals surface area contributed by atoms with E-state index in [0.717, 1.165) is 39.9 Å². The van der Waals surface area contributed by atoms with Crippen molar-refractivity contribution in [2.24, 2.45) is 0 Å². The van der Waals surface area contributed by atoms with E-state index >= 15 is 0 Å². The second-order valence-electron chi connectivity index (χ2n) is 12.8. The minimum atomic E-state index is -3.69. The summed E-state index contributed by atoms with van der Waals surface area (Å²) in [5.41, 5.74) is 6.69. The van der Waals surface area contributed by atoms with Crippen molar-refractivity contribution in [2.45, 2.75) is 19.3 Å². The fraction of sp³-hybridized carbons (Fsp3) is 0.0732. The number of H-pyrrole nitrogens is 1. The van der Waals surface area contributed by atoms with Gasteiger partial charge in [0.1, 0.15) is 0 Å². The fourth-order valence-corrected chi connectivity index (χ4v) is 19.0. The molecule has 0 saturated carbocycles. The molecule has 0 unspecified atom stereocenters. The second kappa shape index (κ2) is 10.6. The molecule has 2 aromatic heterocycles. The van der Waals surface area contributed by atoms with Crippen molar-refractivity contribution < 1.29 is 4.74 Å². The van der Waals surface area contributed by atoms with Gasteiger partial charge >= 0.3 is 278 Å². The van der Waals surface area contributed by atoms with E-state index in [0.29, 0.717) is 0 Å². The Balaban J connectivity index is 1.35. The van der Waals surface area contributed by atoms with Gasteiger partial charge in [-0.3, -0.25) is 0 Å². The number of benzene rings is 5. The average Bonchev–Trinajstić information content (AvgIpc) is 3.67. The van der Waals surface area contributed by atoms with Crippen LogP contribution in [0.4, 0.5) is 17.1 Å². The molecule has 2 aliphatic heterocycles. The van der Waals surface area contributed by atoms with Crippen LogP contribution in [0.5, 0.6) is 11.5 Å². The number of para-hydroxylation sites is 2.